The second kappa shape index (κ2) is 6.42. The van der Waals surface area contributed by atoms with Crippen molar-refractivity contribution in [3.05, 3.63) is 59.2 Å². The summed E-state index contributed by atoms with van der Waals surface area (Å²) in [7, 11) is 1.65. The van der Waals surface area contributed by atoms with Gasteiger partial charge in [0.15, 0.2) is 0 Å². The van der Waals surface area contributed by atoms with E-state index < -0.39 is 6.04 Å². The van der Waals surface area contributed by atoms with Crippen molar-refractivity contribution in [1.29, 1.82) is 0 Å². The number of benzene rings is 2. The molecule has 4 nitrogen and oxygen atoms in total. The molecule has 0 saturated carbocycles. The summed E-state index contributed by atoms with van der Waals surface area (Å²) in [6.45, 7) is 2.73. The maximum Gasteiger partial charge on any atom is 0.244 e. The smallest absolute Gasteiger partial charge is 0.244 e. The summed E-state index contributed by atoms with van der Waals surface area (Å²) < 4.78 is 5.22. The van der Waals surface area contributed by atoms with E-state index in [-0.39, 0.29) is 5.91 Å². The van der Waals surface area contributed by atoms with Crippen LogP contribution in [0.3, 0.4) is 0 Å². The maximum absolute atomic E-state index is 12.7. The average Bonchev–Trinajstić information content (AvgIpc) is 2.99. The molecule has 0 aromatic heterocycles. The van der Waals surface area contributed by atoms with Gasteiger partial charge >= 0.3 is 0 Å². The monoisotopic (exact) mass is 310 g/mol. The zero-order valence-electron chi connectivity index (χ0n) is 13.6. The molecule has 0 spiro atoms. The lowest BCUT2D eigenvalue weighted by molar-refractivity contribution is -0.119. The van der Waals surface area contributed by atoms with Gasteiger partial charge in [0.1, 0.15) is 5.75 Å². The SMILES string of the molecule is COc1ccc(C[C@H](N)C(=O)N2CCc3ccccc32)c(C)c1. The molecular formula is C19H22N2O2. The van der Waals surface area contributed by atoms with Crippen molar-refractivity contribution in [2.75, 3.05) is 18.6 Å². The minimum Gasteiger partial charge on any atom is -0.497 e. The lowest BCUT2D eigenvalue weighted by Gasteiger charge is -2.22. The first-order chi connectivity index (χ1) is 11.1. The lowest BCUT2D eigenvalue weighted by Crippen LogP contribution is -2.44. The highest BCUT2D eigenvalue weighted by atomic mass is 16.5. The normalized spacial score (nSPS) is 14.5. The first kappa shape index (κ1) is 15.6. The topological polar surface area (TPSA) is 55.6 Å². The number of aryl methyl sites for hydroxylation is 1. The molecule has 0 unspecified atom stereocenters. The standard InChI is InChI=1S/C19H22N2O2/c1-13-11-16(23-2)8-7-15(13)12-17(20)19(22)21-10-9-14-5-3-4-6-18(14)21/h3-8,11,17H,9-10,12,20H2,1-2H3/t17-/m0/s1. The zero-order valence-corrected chi connectivity index (χ0v) is 13.6. The van der Waals surface area contributed by atoms with Crippen LogP contribution in [0.5, 0.6) is 5.75 Å². The van der Waals surface area contributed by atoms with Crippen molar-refractivity contribution < 1.29 is 9.53 Å². The molecule has 0 bridgehead atoms. The Kier molecular flexibility index (Phi) is 4.35. The maximum atomic E-state index is 12.7. The van der Waals surface area contributed by atoms with Crippen molar-refractivity contribution in [1.82, 2.24) is 0 Å². The van der Waals surface area contributed by atoms with Gasteiger partial charge in [-0.15, -0.1) is 0 Å². The molecule has 1 atom stereocenters. The number of amides is 1. The highest BCUT2D eigenvalue weighted by Gasteiger charge is 2.28. The van der Waals surface area contributed by atoms with Gasteiger partial charge in [-0.05, 0) is 54.7 Å². The number of hydrogen-bond donors (Lipinski definition) is 1. The molecule has 2 aromatic rings. The Hall–Kier alpha value is -2.33. The van der Waals surface area contributed by atoms with Gasteiger partial charge < -0.3 is 15.4 Å². The Bertz CT molecular complexity index is 727. The van der Waals surface area contributed by atoms with Gasteiger partial charge in [0.25, 0.3) is 0 Å². The van der Waals surface area contributed by atoms with Gasteiger partial charge in [0, 0.05) is 12.2 Å². The van der Waals surface area contributed by atoms with E-state index in [1.807, 2.05) is 48.2 Å². The van der Waals surface area contributed by atoms with Crippen molar-refractivity contribution in [3.63, 3.8) is 0 Å². The van der Waals surface area contributed by atoms with Crippen LogP contribution in [0.25, 0.3) is 0 Å². The number of nitrogens with two attached hydrogens (primary N) is 1. The van der Waals surface area contributed by atoms with Crippen LogP contribution in [0.15, 0.2) is 42.5 Å². The zero-order chi connectivity index (χ0) is 16.4. The lowest BCUT2D eigenvalue weighted by atomic mass is 10.0. The first-order valence-corrected chi connectivity index (χ1v) is 7.88. The van der Waals surface area contributed by atoms with Crippen molar-refractivity contribution in [3.8, 4) is 5.75 Å². The van der Waals surface area contributed by atoms with Gasteiger partial charge in [-0.2, -0.15) is 0 Å². The Labute approximate surface area is 136 Å². The van der Waals surface area contributed by atoms with Crippen molar-refractivity contribution >= 4 is 11.6 Å². The molecule has 0 saturated heterocycles. The predicted molar refractivity (Wildman–Crippen MR) is 91.9 cm³/mol. The quantitative estimate of drug-likeness (QED) is 0.944. The minimum atomic E-state index is -0.534. The van der Waals surface area contributed by atoms with Crippen molar-refractivity contribution in [2.45, 2.75) is 25.8 Å². The Balaban J connectivity index is 1.74. The van der Waals surface area contributed by atoms with Gasteiger partial charge in [-0.25, -0.2) is 0 Å². The van der Waals surface area contributed by atoms with E-state index in [9.17, 15) is 4.79 Å². The number of nitrogens with zero attached hydrogens (tertiary/aromatic N) is 1. The highest BCUT2D eigenvalue weighted by molar-refractivity contribution is 5.99. The molecule has 2 N–H and O–H groups in total. The first-order valence-electron chi connectivity index (χ1n) is 7.88. The van der Waals surface area contributed by atoms with E-state index in [1.165, 1.54) is 5.56 Å². The van der Waals surface area contributed by atoms with Gasteiger partial charge in [0.2, 0.25) is 5.91 Å². The molecule has 4 heteroatoms. The fourth-order valence-electron chi connectivity index (χ4n) is 3.12. The van der Waals surface area contributed by atoms with Gasteiger partial charge in [0.05, 0.1) is 13.2 Å². The second-order valence-corrected chi connectivity index (χ2v) is 5.97. The largest absolute Gasteiger partial charge is 0.497 e. The molecule has 1 aliphatic rings. The van der Waals surface area contributed by atoms with Crippen LogP contribution in [0, 0.1) is 6.92 Å². The van der Waals surface area contributed by atoms with Crippen LogP contribution in [0.1, 0.15) is 16.7 Å². The molecule has 0 aliphatic carbocycles. The molecular weight excluding hydrogens is 288 g/mol. The van der Waals surface area contributed by atoms with E-state index in [1.54, 1.807) is 7.11 Å². The fraction of sp³-hybridized carbons (Fsp3) is 0.316. The average molecular weight is 310 g/mol. The Morgan fingerprint density at radius 3 is 2.83 bits per heavy atom. The third-order valence-electron chi connectivity index (χ3n) is 4.46. The third kappa shape index (κ3) is 3.08. The number of ether oxygens (including phenoxy) is 1. The van der Waals surface area contributed by atoms with Crippen LogP contribution in [0.4, 0.5) is 5.69 Å². The molecule has 1 heterocycles. The van der Waals surface area contributed by atoms with Gasteiger partial charge in [-0.3, -0.25) is 4.79 Å². The summed E-state index contributed by atoms with van der Waals surface area (Å²) in [4.78, 5) is 14.5. The van der Waals surface area contributed by atoms with Crippen LogP contribution >= 0.6 is 0 Å². The summed E-state index contributed by atoms with van der Waals surface area (Å²) in [5.74, 6) is 0.810. The number of carbonyl (C=O) groups excluding carboxylic acids is 1. The van der Waals surface area contributed by atoms with E-state index in [0.717, 1.165) is 29.0 Å². The summed E-state index contributed by atoms with van der Waals surface area (Å²) in [5, 5.41) is 0. The van der Waals surface area contributed by atoms with Gasteiger partial charge in [-0.1, -0.05) is 24.3 Å². The number of hydrogen-bond acceptors (Lipinski definition) is 3. The molecule has 1 amide bonds. The number of rotatable bonds is 4. The van der Waals surface area contributed by atoms with Crippen LogP contribution in [0.2, 0.25) is 0 Å². The molecule has 0 radical (unpaired) electrons. The number of anilines is 1. The van der Waals surface area contributed by atoms with Crippen molar-refractivity contribution in [2.24, 2.45) is 5.73 Å². The number of para-hydroxylation sites is 1. The molecule has 2 aromatic carbocycles. The second-order valence-electron chi connectivity index (χ2n) is 5.97. The van der Waals surface area contributed by atoms with E-state index >= 15 is 0 Å². The van der Waals surface area contributed by atoms with Crippen LogP contribution < -0.4 is 15.4 Å². The molecule has 3 rings (SSSR count). The predicted octanol–water partition coefficient (Wildman–Crippen LogP) is 2.46. The van der Waals surface area contributed by atoms with Crippen LogP contribution in [-0.4, -0.2) is 25.6 Å². The summed E-state index contributed by atoms with van der Waals surface area (Å²) in [6.07, 6.45) is 1.43. The number of fused-ring (bicyclic) bond motifs is 1. The third-order valence-corrected chi connectivity index (χ3v) is 4.46. The number of carbonyl (C=O) groups is 1. The number of methoxy groups -OCH3 is 1. The fourth-order valence-corrected chi connectivity index (χ4v) is 3.12. The van der Waals surface area contributed by atoms with E-state index in [2.05, 4.69) is 6.07 Å². The molecule has 120 valence electrons. The Morgan fingerprint density at radius 2 is 2.09 bits per heavy atom. The molecule has 23 heavy (non-hydrogen) atoms. The Morgan fingerprint density at radius 1 is 1.30 bits per heavy atom. The summed E-state index contributed by atoms with van der Waals surface area (Å²) in [6, 6.07) is 13.4. The van der Waals surface area contributed by atoms with E-state index in [0.29, 0.717) is 13.0 Å². The minimum absolute atomic E-state index is 0.00910. The highest BCUT2D eigenvalue weighted by Crippen LogP contribution is 2.28. The summed E-state index contributed by atoms with van der Waals surface area (Å²) >= 11 is 0. The van der Waals surface area contributed by atoms with E-state index in [4.69, 9.17) is 10.5 Å². The van der Waals surface area contributed by atoms with Crippen LogP contribution in [-0.2, 0) is 17.6 Å². The summed E-state index contributed by atoms with van der Waals surface area (Å²) in [5.41, 5.74) is 10.6. The molecule has 1 aliphatic heterocycles. The molecule has 0 fully saturated rings.